The summed E-state index contributed by atoms with van der Waals surface area (Å²) in [5, 5.41) is 4.61. The number of urea groups is 1. The standard InChI is InChI=1S/C27H23BrN2O4/c28-21-11-12-24(34-16-17-9-10-18-5-1-2-6-19(18)13-17)20(14-21)15-23-25(31)29-27(33)30(26(23)32)22-7-3-4-8-22/h1-2,5-6,9-15,22H,3-4,7-8,16H2,(H,29,31,33)/b23-15+. The SMILES string of the molecule is O=C1NC(=O)N(C2CCCC2)C(=O)/C1=C/c1cc(Br)ccc1OCc1ccc2ccccc2c1. The molecular weight excluding hydrogens is 496 g/mol. The van der Waals surface area contributed by atoms with Crippen molar-refractivity contribution in [3.63, 3.8) is 0 Å². The Labute approximate surface area is 205 Å². The summed E-state index contributed by atoms with van der Waals surface area (Å²) in [5.41, 5.74) is 1.51. The molecular formula is C27H23BrN2O4. The number of hydrogen-bond acceptors (Lipinski definition) is 4. The molecule has 6 nitrogen and oxygen atoms in total. The van der Waals surface area contributed by atoms with Crippen molar-refractivity contribution >= 4 is 50.6 Å². The zero-order chi connectivity index (χ0) is 23.7. The fourth-order valence-electron chi connectivity index (χ4n) is 4.57. The van der Waals surface area contributed by atoms with Crippen LogP contribution >= 0.6 is 15.9 Å². The molecule has 4 amide bonds. The van der Waals surface area contributed by atoms with Crippen LogP contribution < -0.4 is 10.1 Å². The third-order valence-corrected chi connectivity index (χ3v) is 6.80. The summed E-state index contributed by atoms with van der Waals surface area (Å²) < 4.78 is 6.88. The molecule has 5 rings (SSSR count). The van der Waals surface area contributed by atoms with Crippen molar-refractivity contribution in [1.29, 1.82) is 0 Å². The monoisotopic (exact) mass is 518 g/mol. The van der Waals surface area contributed by atoms with Gasteiger partial charge in [-0.15, -0.1) is 0 Å². The molecule has 1 saturated carbocycles. The second kappa shape index (κ2) is 9.43. The first kappa shape index (κ1) is 22.3. The third kappa shape index (κ3) is 4.48. The predicted molar refractivity (Wildman–Crippen MR) is 133 cm³/mol. The van der Waals surface area contributed by atoms with Crippen LogP contribution in [0, 0.1) is 0 Å². The molecule has 0 atom stereocenters. The molecule has 0 unspecified atom stereocenters. The van der Waals surface area contributed by atoms with E-state index in [0.29, 0.717) is 17.9 Å². The van der Waals surface area contributed by atoms with E-state index in [-0.39, 0.29) is 11.6 Å². The zero-order valence-electron chi connectivity index (χ0n) is 18.4. The van der Waals surface area contributed by atoms with Crippen molar-refractivity contribution in [2.75, 3.05) is 0 Å². The molecule has 1 saturated heterocycles. The first-order chi connectivity index (χ1) is 16.5. The van der Waals surface area contributed by atoms with E-state index < -0.39 is 17.8 Å². The second-order valence-corrected chi connectivity index (χ2v) is 9.50. The highest BCUT2D eigenvalue weighted by Crippen LogP contribution is 2.30. The van der Waals surface area contributed by atoms with Gasteiger partial charge in [0, 0.05) is 16.1 Å². The summed E-state index contributed by atoms with van der Waals surface area (Å²) >= 11 is 3.46. The zero-order valence-corrected chi connectivity index (χ0v) is 20.0. The Hall–Kier alpha value is -3.45. The molecule has 1 heterocycles. The average molecular weight is 519 g/mol. The molecule has 0 bridgehead atoms. The maximum Gasteiger partial charge on any atom is 0.331 e. The summed E-state index contributed by atoms with van der Waals surface area (Å²) in [6.07, 6.45) is 4.96. The van der Waals surface area contributed by atoms with E-state index >= 15 is 0 Å². The number of fused-ring (bicyclic) bond motifs is 1. The number of imide groups is 2. The summed E-state index contributed by atoms with van der Waals surface area (Å²) in [6.45, 7) is 0.329. The van der Waals surface area contributed by atoms with Gasteiger partial charge >= 0.3 is 6.03 Å². The molecule has 0 spiro atoms. The van der Waals surface area contributed by atoms with Gasteiger partial charge in [-0.25, -0.2) is 4.79 Å². The van der Waals surface area contributed by atoms with Gasteiger partial charge in [-0.05, 0) is 59.5 Å². The molecule has 7 heteroatoms. The van der Waals surface area contributed by atoms with Gasteiger partial charge in [0.05, 0.1) is 0 Å². The van der Waals surface area contributed by atoms with Crippen LogP contribution in [-0.4, -0.2) is 28.8 Å². The molecule has 2 aliphatic rings. The van der Waals surface area contributed by atoms with Gasteiger partial charge in [-0.3, -0.25) is 19.8 Å². The number of ether oxygens (including phenoxy) is 1. The van der Waals surface area contributed by atoms with E-state index in [1.54, 1.807) is 12.1 Å². The number of hydrogen-bond donors (Lipinski definition) is 1. The van der Waals surface area contributed by atoms with Crippen molar-refractivity contribution in [2.24, 2.45) is 0 Å². The van der Waals surface area contributed by atoms with E-state index in [2.05, 4.69) is 45.5 Å². The molecule has 2 fully saturated rings. The predicted octanol–water partition coefficient (Wildman–Crippen LogP) is 5.59. The summed E-state index contributed by atoms with van der Waals surface area (Å²) in [7, 11) is 0. The fourth-order valence-corrected chi connectivity index (χ4v) is 4.95. The van der Waals surface area contributed by atoms with Crippen LogP contribution in [0.4, 0.5) is 4.79 Å². The topological polar surface area (TPSA) is 75.7 Å². The number of amides is 4. The van der Waals surface area contributed by atoms with Gasteiger partial charge in [0.2, 0.25) is 0 Å². The lowest BCUT2D eigenvalue weighted by Gasteiger charge is -2.31. The van der Waals surface area contributed by atoms with E-state index in [0.717, 1.165) is 46.5 Å². The van der Waals surface area contributed by atoms with Crippen LogP contribution in [0.2, 0.25) is 0 Å². The molecule has 0 aromatic heterocycles. The highest BCUT2D eigenvalue weighted by Gasteiger charge is 2.40. The van der Waals surface area contributed by atoms with Crippen LogP contribution in [0.5, 0.6) is 5.75 Å². The maximum absolute atomic E-state index is 13.2. The Morgan fingerprint density at radius 2 is 1.74 bits per heavy atom. The van der Waals surface area contributed by atoms with E-state index in [1.807, 2.05) is 24.3 Å². The molecule has 1 N–H and O–H groups in total. The largest absolute Gasteiger partial charge is 0.488 e. The van der Waals surface area contributed by atoms with Gasteiger partial charge in [0.25, 0.3) is 11.8 Å². The molecule has 0 radical (unpaired) electrons. The minimum atomic E-state index is -0.690. The smallest absolute Gasteiger partial charge is 0.331 e. The van der Waals surface area contributed by atoms with Gasteiger partial charge in [0.1, 0.15) is 17.9 Å². The number of carbonyl (C=O) groups is 3. The molecule has 3 aromatic carbocycles. The normalized spacial score (nSPS) is 18.1. The fraction of sp³-hybridized carbons (Fsp3) is 0.222. The molecule has 3 aromatic rings. The Balaban J connectivity index is 1.42. The Morgan fingerprint density at radius 1 is 0.971 bits per heavy atom. The lowest BCUT2D eigenvalue weighted by Crippen LogP contribution is -2.57. The molecule has 34 heavy (non-hydrogen) atoms. The number of nitrogens with zero attached hydrogens (tertiary/aromatic N) is 1. The Kier molecular flexibility index (Phi) is 6.20. The second-order valence-electron chi connectivity index (χ2n) is 8.58. The van der Waals surface area contributed by atoms with Gasteiger partial charge < -0.3 is 4.74 Å². The van der Waals surface area contributed by atoms with E-state index in [4.69, 9.17) is 4.74 Å². The lowest BCUT2D eigenvalue weighted by molar-refractivity contribution is -0.131. The van der Waals surface area contributed by atoms with Crippen LogP contribution in [0.1, 0.15) is 36.8 Å². The highest BCUT2D eigenvalue weighted by molar-refractivity contribution is 9.10. The summed E-state index contributed by atoms with van der Waals surface area (Å²) in [5.74, 6) is -0.709. The van der Waals surface area contributed by atoms with Gasteiger partial charge in [-0.2, -0.15) is 0 Å². The van der Waals surface area contributed by atoms with Crippen molar-refractivity contribution in [2.45, 2.75) is 38.3 Å². The first-order valence-electron chi connectivity index (χ1n) is 11.3. The van der Waals surface area contributed by atoms with E-state index in [9.17, 15) is 14.4 Å². The Morgan fingerprint density at radius 3 is 2.53 bits per heavy atom. The van der Waals surface area contributed by atoms with Crippen molar-refractivity contribution in [1.82, 2.24) is 10.2 Å². The summed E-state index contributed by atoms with van der Waals surface area (Å²) in [4.78, 5) is 39.3. The minimum Gasteiger partial charge on any atom is -0.488 e. The minimum absolute atomic E-state index is 0.0693. The number of barbiturate groups is 1. The Bertz CT molecular complexity index is 1330. The average Bonchev–Trinajstić information content (AvgIpc) is 3.35. The van der Waals surface area contributed by atoms with Crippen molar-refractivity contribution < 1.29 is 19.1 Å². The van der Waals surface area contributed by atoms with Crippen molar-refractivity contribution in [3.8, 4) is 5.75 Å². The third-order valence-electron chi connectivity index (χ3n) is 6.30. The van der Waals surface area contributed by atoms with Crippen LogP contribution in [-0.2, 0) is 16.2 Å². The lowest BCUT2D eigenvalue weighted by atomic mass is 10.0. The van der Waals surface area contributed by atoms with Crippen molar-refractivity contribution in [3.05, 3.63) is 81.8 Å². The molecule has 1 aliphatic carbocycles. The quantitative estimate of drug-likeness (QED) is 0.353. The van der Waals surface area contributed by atoms with Gasteiger partial charge in [0.15, 0.2) is 0 Å². The van der Waals surface area contributed by atoms with E-state index in [1.165, 1.54) is 11.0 Å². The van der Waals surface area contributed by atoms with Crippen LogP contribution in [0.3, 0.4) is 0 Å². The number of carbonyl (C=O) groups excluding carboxylic acids is 3. The molecule has 1 aliphatic heterocycles. The maximum atomic E-state index is 13.2. The highest BCUT2D eigenvalue weighted by atomic mass is 79.9. The number of halogens is 1. The van der Waals surface area contributed by atoms with Crippen LogP contribution in [0.25, 0.3) is 16.8 Å². The number of nitrogens with one attached hydrogen (secondary N) is 1. The summed E-state index contributed by atoms with van der Waals surface area (Å²) in [6, 6.07) is 18.9. The van der Waals surface area contributed by atoms with Crippen LogP contribution in [0.15, 0.2) is 70.7 Å². The number of benzene rings is 3. The van der Waals surface area contributed by atoms with Gasteiger partial charge in [-0.1, -0.05) is 65.2 Å². The number of rotatable bonds is 5. The molecule has 172 valence electrons. The first-order valence-corrected chi connectivity index (χ1v) is 12.1.